The van der Waals surface area contributed by atoms with Crippen LogP contribution in [-0.4, -0.2) is 38.5 Å². The second-order valence-corrected chi connectivity index (χ2v) is 9.96. The highest BCUT2D eigenvalue weighted by molar-refractivity contribution is 6.29. The summed E-state index contributed by atoms with van der Waals surface area (Å²) in [6, 6.07) is 11.7. The summed E-state index contributed by atoms with van der Waals surface area (Å²) in [5.74, 6) is -3.41. The van der Waals surface area contributed by atoms with Crippen LogP contribution in [0.1, 0.15) is 53.0 Å². The van der Waals surface area contributed by atoms with Crippen molar-refractivity contribution in [2.75, 3.05) is 0 Å². The van der Waals surface area contributed by atoms with Crippen LogP contribution in [0.15, 0.2) is 36.4 Å². The normalized spacial score (nSPS) is 20.2. The summed E-state index contributed by atoms with van der Waals surface area (Å²) in [4.78, 5) is 43.6. The highest BCUT2D eigenvalue weighted by Crippen LogP contribution is 2.48. The van der Waals surface area contributed by atoms with E-state index in [2.05, 4.69) is 16.4 Å². The Bertz CT molecular complexity index is 1420. The van der Waals surface area contributed by atoms with Gasteiger partial charge >= 0.3 is 5.97 Å². The first kappa shape index (κ1) is 26.2. The molecule has 4 rings (SSSR count). The van der Waals surface area contributed by atoms with Gasteiger partial charge in [0.25, 0.3) is 0 Å². The van der Waals surface area contributed by atoms with Gasteiger partial charge in [-0.25, -0.2) is 9.78 Å². The van der Waals surface area contributed by atoms with Gasteiger partial charge in [-0.1, -0.05) is 42.6 Å². The second kappa shape index (κ2) is 10.2. The zero-order chi connectivity index (χ0) is 26.9. The number of carboxylic acids is 1. The number of amides is 2. The average molecular weight is 522 g/mol. The van der Waals surface area contributed by atoms with Crippen molar-refractivity contribution < 1.29 is 19.5 Å². The molecule has 192 valence electrons. The molecule has 2 heterocycles. The van der Waals surface area contributed by atoms with E-state index < -0.39 is 35.2 Å². The quantitative estimate of drug-likeness (QED) is 0.405. The number of pyridine rings is 1. The van der Waals surface area contributed by atoms with Gasteiger partial charge < -0.3 is 20.7 Å². The summed E-state index contributed by atoms with van der Waals surface area (Å²) >= 11 is 6.05. The molecule has 1 fully saturated rings. The minimum absolute atomic E-state index is 0.0709. The molecule has 0 spiro atoms. The third kappa shape index (κ3) is 4.65. The highest BCUT2D eigenvalue weighted by Gasteiger charge is 2.54. The number of fused-ring (bicyclic) bond motifs is 1. The van der Waals surface area contributed by atoms with Gasteiger partial charge in [-0.05, 0) is 43.5 Å². The first-order chi connectivity index (χ1) is 17.6. The van der Waals surface area contributed by atoms with Gasteiger partial charge in [-0.2, -0.15) is 5.26 Å². The Hall–Kier alpha value is -3.90. The molecule has 1 aromatic carbocycles. The monoisotopic (exact) mass is 521 g/mol. The molecule has 0 aliphatic heterocycles. The van der Waals surface area contributed by atoms with Crippen molar-refractivity contribution in [2.45, 2.75) is 50.5 Å². The van der Waals surface area contributed by atoms with Crippen molar-refractivity contribution in [2.24, 2.45) is 18.7 Å². The van der Waals surface area contributed by atoms with Gasteiger partial charge in [0.05, 0.1) is 17.4 Å². The molecule has 4 N–H and O–H groups in total. The van der Waals surface area contributed by atoms with E-state index in [-0.39, 0.29) is 29.3 Å². The number of halogens is 1. The molecule has 1 aliphatic rings. The Morgan fingerprint density at radius 2 is 2.05 bits per heavy atom. The molecule has 3 aromatic rings. The van der Waals surface area contributed by atoms with E-state index in [0.29, 0.717) is 35.9 Å². The Labute approximate surface area is 219 Å². The first-order valence-electron chi connectivity index (χ1n) is 12.0. The van der Waals surface area contributed by atoms with Crippen molar-refractivity contribution in [3.8, 4) is 6.07 Å². The number of nitrogens with two attached hydrogens (primary N) is 1. The largest absolute Gasteiger partial charge is 0.477 e. The number of nitriles is 1. The minimum atomic E-state index is -1.55. The zero-order valence-corrected chi connectivity index (χ0v) is 21.4. The van der Waals surface area contributed by atoms with Gasteiger partial charge in [0.1, 0.15) is 16.9 Å². The smallest absolute Gasteiger partial charge is 0.352 e. The highest BCUT2D eigenvalue weighted by atomic mass is 35.5. The number of carbonyl (C=O) groups excluding carboxylic acids is 2. The van der Waals surface area contributed by atoms with E-state index in [0.717, 1.165) is 5.56 Å². The van der Waals surface area contributed by atoms with Crippen LogP contribution in [0.25, 0.3) is 10.9 Å². The van der Waals surface area contributed by atoms with Gasteiger partial charge in [0.2, 0.25) is 11.8 Å². The number of rotatable bonds is 7. The lowest BCUT2D eigenvalue weighted by atomic mass is 9.60. The molecule has 2 amide bonds. The number of aromatic carboxylic acids is 1. The molecule has 1 aliphatic carbocycles. The molecular formula is C27H28ClN5O4. The second-order valence-electron chi connectivity index (χ2n) is 9.57. The van der Waals surface area contributed by atoms with E-state index in [4.69, 9.17) is 17.3 Å². The topological polar surface area (TPSA) is 151 Å². The SMILES string of the molecule is Cc1cc(CC(C#N)NC(=O)[C@@H]2CCCC[C@@]2(C(N)=O)c2c(C(=O)O)n(C)c3ccccc23)cc(Cl)n1. The third-order valence-corrected chi connectivity index (χ3v) is 7.51. The fourth-order valence-corrected chi connectivity index (χ4v) is 6.06. The molecule has 3 atom stereocenters. The molecule has 10 heteroatoms. The number of primary amides is 1. The molecule has 9 nitrogen and oxygen atoms in total. The lowest BCUT2D eigenvalue weighted by Gasteiger charge is -2.41. The summed E-state index contributed by atoms with van der Waals surface area (Å²) < 4.78 is 1.52. The Balaban J connectivity index is 1.78. The number of aryl methyl sites for hydroxylation is 2. The molecule has 0 saturated heterocycles. The average Bonchev–Trinajstić information content (AvgIpc) is 3.15. The number of carbonyl (C=O) groups is 3. The standard InChI is InChI=1S/C27H28ClN5O4/c1-15-11-16(13-21(28)31-15)12-17(14-29)32-24(34)19-8-5-6-10-27(19,26(30)37)22-18-7-3-4-9-20(18)33(2)23(22)25(35)36/h3-4,7,9,11,13,17,19H,5-6,8,10,12H2,1-2H3,(H2,30,37)(H,32,34)(H,35,36)/t17?,19-,27-/m0/s1. The van der Waals surface area contributed by atoms with Crippen LogP contribution < -0.4 is 11.1 Å². The van der Waals surface area contributed by atoms with Crippen LogP contribution in [0.4, 0.5) is 0 Å². The van der Waals surface area contributed by atoms with Gasteiger partial charge in [-0.15, -0.1) is 0 Å². The third-order valence-electron chi connectivity index (χ3n) is 7.31. The van der Waals surface area contributed by atoms with Gasteiger partial charge in [0, 0.05) is 35.6 Å². The predicted octanol–water partition coefficient (Wildman–Crippen LogP) is 3.40. The molecule has 1 unspecified atom stereocenters. The molecular weight excluding hydrogens is 494 g/mol. The number of hydrogen-bond acceptors (Lipinski definition) is 5. The number of nitrogens with one attached hydrogen (secondary N) is 1. The Morgan fingerprint density at radius 3 is 2.70 bits per heavy atom. The van der Waals surface area contributed by atoms with Crippen molar-refractivity contribution in [1.82, 2.24) is 14.9 Å². The first-order valence-corrected chi connectivity index (χ1v) is 12.4. The number of hydrogen-bond donors (Lipinski definition) is 3. The maximum absolute atomic E-state index is 13.7. The molecule has 0 radical (unpaired) electrons. The number of aromatic nitrogens is 2. The maximum atomic E-state index is 13.7. The molecule has 0 bridgehead atoms. The summed E-state index contributed by atoms with van der Waals surface area (Å²) in [5, 5.41) is 23.6. The minimum Gasteiger partial charge on any atom is -0.477 e. The van der Waals surface area contributed by atoms with E-state index in [1.54, 1.807) is 50.4 Å². The number of carboxylic acid groups (broad SMARTS) is 1. The van der Waals surface area contributed by atoms with Crippen molar-refractivity contribution in [3.63, 3.8) is 0 Å². The predicted molar refractivity (Wildman–Crippen MR) is 138 cm³/mol. The van der Waals surface area contributed by atoms with E-state index in [1.165, 1.54) is 4.57 Å². The van der Waals surface area contributed by atoms with E-state index in [1.807, 2.05) is 0 Å². The fourth-order valence-electron chi connectivity index (χ4n) is 5.79. The van der Waals surface area contributed by atoms with Crippen LogP contribution in [-0.2, 0) is 28.5 Å². The van der Waals surface area contributed by atoms with Crippen molar-refractivity contribution in [3.05, 3.63) is 64.1 Å². The Kier molecular flexibility index (Phi) is 7.23. The van der Waals surface area contributed by atoms with Crippen LogP contribution in [0.2, 0.25) is 5.15 Å². The zero-order valence-electron chi connectivity index (χ0n) is 20.6. The number of benzene rings is 1. The lowest BCUT2D eigenvalue weighted by molar-refractivity contribution is -0.137. The summed E-state index contributed by atoms with van der Waals surface area (Å²) in [5.41, 5.74) is 6.73. The van der Waals surface area contributed by atoms with Crippen LogP contribution in [0.5, 0.6) is 0 Å². The summed E-state index contributed by atoms with van der Waals surface area (Å²) in [6.07, 6.45) is 2.01. The lowest BCUT2D eigenvalue weighted by Crippen LogP contribution is -2.56. The van der Waals surface area contributed by atoms with Crippen LogP contribution in [0, 0.1) is 24.2 Å². The van der Waals surface area contributed by atoms with E-state index >= 15 is 0 Å². The molecule has 2 aromatic heterocycles. The van der Waals surface area contributed by atoms with Crippen molar-refractivity contribution in [1.29, 1.82) is 5.26 Å². The molecule has 1 saturated carbocycles. The van der Waals surface area contributed by atoms with E-state index in [9.17, 15) is 24.8 Å². The molecule has 37 heavy (non-hydrogen) atoms. The summed E-state index contributed by atoms with van der Waals surface area (Å²) in [7, 11) is 1.62. The van der Waals surface area contributed by atoms with Gasteiger partial charge in [0.15, 0.2) is 0 Å². The summed E-state index contributed by atoms with van der Waals surface area (Å²) in [6.45, 7) is 1.78. The number of para-hydroxylation sites is 1. The number of nitrogens with zero attached hydrogens (tertiary/aromatic N) is 3. The van der Waals surface area contributed by atoms with Crippen LogP contribution in [0.3, 0.4) is 0 Å². The van der Waals surface area contributed by atoms with Gasteiger partial charge in [-0.3, -0.25) is 9.59 Å². The van der Waals surface area contributed by atoms with Crippen molar-refractivity contribution >= 4 is 40.3 Å². The maximum Gasteiger partial charge on any atom is 0.352 e. The fraction of sp³-hybridized carbons (Fsp3) is 0.370. The Morgan fingerprint density at radius 1 is 1.32 bits per heavy atom. The van der Waals surface area contributed by atoms with Crippen LogP contribution >= 0.6 is 11.6 Å².